The molecule has 0 bridgehead atoms. The Hall–Kier alpha value is -0.770. The van der Waals surface area contributed by atoms with Crippen molar-refractivity contribution in [3.05, 3.63) is 29.8 Å². The summed E-state index contributed by atoms with van der Waals surface area (Å²) in [5, 5.41) is 3.49. The molecular formula is C17H29ClN2O. The van der Waals surface area contributed by atoms with Gasteiger partial charge >= 0.3 is 0 Å². The summed E-state index contributed by atoms with van der Waals surface area (Å²) in [7, 11) is 1.73. The summed E-state index contributed by atoms with van der Waals surface area (Å²) in [4.78, 5) is 2.57. The summed E-state index contributed by atoms with van der Waals surface area (Å²) in [5.74, 6) is 0.944. The number of benzene rings is 1. The van der Waals surface area contributed by atoms with Crippen LogP contribution in [-0.2, 0) is 0 Å². The van der Waals surface area contributed by atoms with Gasteiger partial charge in [0.25, 0.3) is 0 Å². The van der Waals surface area contributed by atoms with Gasteiger partial charge in [0.05, 0.1) is 7.11 Å². The molecule has 1 saturated heterocycles. The summed E-state index contributed by atoms with van der Waals surface area (Å²) in [5.41, 5.74) is 1.74. The van der Waals surface area contributed by atoms with Crippen molar-refractivity contribution in [2.24, 2.45) is 5.41 Å². The number of hydrogen-bond donors (Lipinski definition) is 1. The Morgan fingerprint density at radius 3 is 2.76 bits per heavy atom. The highest BCUT2D eigenvalue weighted by Gasteiger charge is 2.31. The van der Waals surface area contributed by atoms with Gasteiger partial charge in [-0.2, -0.15) is 0 Å². The molecule has 2 rings (SSSR count). The van der Waals surface area contributed by atoms with Crippen molar-refractivity contribution in [3.8, 4) is 5.75 Å². The van der Waals surface area contributed by atoms with Crippen molar-refractivity contribution in [2.45, 2.75) is 33.2 Å². The third-order valence-corrected chi connectivity index (χ3v) is 4.57. The molecule has 0 spiro atoms. The second kappa shape index (κ2) is 8.02. The number of rotatable bonds is 6. The zero-order valence-electron chi connectivity index (χ0n) is 13.7. The Bertz CT molecular complexity index is 433. The van der Waals surface area contributed by atoms with Gasteiger partial charge < -0.3 is 10.1 Å². The molecule has 1 aromatic carbocycles. The fraction of sp³-hybridized carbons (Fsp3) is 0.647. The van der Waals surface area contributed by atoms with Gasteiger partial charge in [0.2, 0.25) is 0 Å². The predicted octanol–water partition coefficient (Wildman–Crippen LogP) is 3.50. The van der Waals surface area contributed by atoms with E-state index >= 15 is 0 Å². The van der Waals surface area contributed by atoms with Crippen LogP contribution in [0.4, 0.5) is 0 Å². The van der Waals surface area contributed by atoms with Crippen LogP contribution >= 0.6 is 12.4 Å². The summed E-state index contributed by atoms with van der Waals surface area (Å²) < 4.78 is 5.34. The average molecular weight is 313 g/mol. The molecule has 2 atom stereocenters. The van der Waals surface area contributed by atoms with E-state index in [-0.39, 0.29) is 12.4 Å². The second-order valence-electron chi connectivity index (χ2n) is 6.25. The second-order valence-corrected chi connectivity index (χ2v) is 6.25. The third-order valence-electron chi connectivity index (χ3n) is 4.57. The minimum atomic E-state index is 0. The molecule has 1 N–H and O–H groups in total. The molecule has 1 fully saturated rings. The number of nitrogens with zero attached hydrogens (tertiary/aromatic N) is 1. The zero-order chi connectivity index (χ0) is 14.6. The van der Waals surface area contributed by atoms with E-state index < -0.39 is 0 Å². The maximum atomic E-state index is 5.34. The lowest BCUT2D eigenvalue weighted by Crippen LogP contribution is -2.38. The first-order chi connectivity index (χ1) is 9.58. The molecule has 1 aliphatic heterocycles. The van der Waals surface area contributed by atoms with Crippen LogP contribution in [0.5, 0.6) is 5.75 Å². The number of halogens is 1. The van der Waals surface area contributed by atoms with Crippen LogP contribution in [0, 0.1) is 5.41 Å². The van der Waals surface area contributed by atoms with E-state index in [9.17, 15) is 0 Å². The van der Waals surface area contributed by atoms with Gasteiger partial charge in [0, 0.05) is 19.1 Å². The predicted molar refractivity (Wildman–Crippen MR) is 91.5 cm³/mol. The lowest BCUT2D eigenvalue weighted by Gasteiger charge is -2.35. The van der Waals surface area contributed by atoms with Crippen LogP contribution in [0.15, 0.2) is 24.3 Å². The van der Waals surface area contributed by atoms with E-state index in [1.165, 1.54) is 12.0 Å². The van der Waals surface area contributed by atoms with E-state index in [0.29, 0.717) is 11.5 Å². The average Bonchev–Trinajstić information content (AvgIpc) is 2.91. The Morgan fingerprint density at radius 1 is 1.43 bits per heavy atom. The molecule has 0 aromatic heterocycles. The molecule has 0 radical (unpaired) electrons. The van der Waals surface area contributed by atoms with Gasteiger partial charge in [-0.25, -0.2) is 0 Å². The number of ether oxygens (including phenoxy) is 1. The highest BCUT2D eigenvalue weighted by molar-refractivity contribution is 5.85. The van der Waals surface area contributed by atoms with E-state index in [1.807, 2.05) is 6.07 Å². The lowest BCUT2D eigenvalue weighted by atomic mass is 9.88. The SMILES string of the molecule is CCN(CC1(C)CCNC1)C(C)c1cccc(OC)c1.Cl. The van der Waals surface area contributed by atoms with Gasteiger partial charge in [-0.3, -0.25) is 4.90 Å². The van der Waals surface area contributed by atoms with Gasteiger partial charge in [0.1, 0.15) is 5.75 Å². The fourth-order valence-electron chi connectivity index (χ4n) is 3.13. The van der Waals surface area contributed by atoms with Crippen molar-refractivity contribution >= 4 is 12.4 Å². The number of nitrogens with one attached hydrogen (secondary N) is 1. The Morgan fingerprint density at radius 2 is 2.19 bits per heavy atom. The molecule has 0 aliphatic carbocycles. The van der Waals surface area contributed by atoms with Crippen LogP contribution in [0.3, 0.4) is 0 Å². The lowest BCUT2D eigenvalue weighted by molar-refractivity contribution is 0.143. The number of methoxy groups -OCH3 is 1. The molecule has 4 heteroatoms. The van der Waals surface area contributed by atoms with Crippen molar-refractivity contribution in [2.75, 3.05) is 33.3 Å². The van der Waals surface area contributed by atoms with Crippen molar-refractivity contribution in [1.29, 1.82) is 0 Å². The monoisotopic (exact) mass is 312 g/mol. The molecule has 0 saturated carbocycles. The molecule has 21 heavy (non-hydrogen) atoms. The first-order valence-electron chi connectivity index (χ1n) is 7.67. The van der Waals surface area contributed by atoms with E-state index in [0.717, 1.165) is 31.9 Å². The largest absolute Gasteiger partial charge is 0.497 e. The van der Waals surface area contributed by atoms with Crippen LogP contribution < -0.4 is 10.1 Å². The normalized spacial score (nSPS) is 22.9. The van der Waals surface area contributed by atoms with Crippen LogP contribution in [0.1, 0.15) is 38.8 Å². The van der Waals surface area contributed by atoms with Crippen molar-refractivity contribution < 1.29 is 4.74 Å². The van der Waals surface area contributed by atoms with Gasteiger partial charge in [-0.15, -0.1) is 12.4 Å². The van der Waals surface area contributed by atoms with E-state index in [4.69, 9.17) is 4.74 Å². The smallest absolute Gasteiger partial charge is 0.119 e. The summed E-state index contributed by atoms with van der Waals surface area (Å²) in [6.45, 7) is 11.5. The molecule has 3 nitrogen and oxygen atoms in total. The van der Waals surface area contributed by atoms with Crippen molar-refractivity contribution in [3.63, 3.8) is 0 Å². The molecule has 1 heterocycles. The summed E-state index contributed by atoms with van der Waals surface area (Å²) >= 11 is 0. The van der Waals surface area contributed by atoms with E-state index in [1.54, 1.807) is 7.11 Å². The van der Waals surface area contributed by atoms with E-state index in [2.05, 4.69) is 49.2 Å². The third kappa shape index (κ3) is 4.60. The molecule has 0 amide bonds. The van der Waals surface area contributed by atoms with Crippen LogP contribution in [-0.4, -0.2) is 38.2 Å². The molecule has 2 unspecified atom stereocenters. The standard InChI is InChI=1S/C17H28N2O.ClH/c1-5-19(13-17(3)9-10-18-12-17)14(2)15-7-6-8-16(11-15)20-4;/h6-8,11,14,18H,5,9-10,12-13H2,1-4H3;1H. The van der Waals surface area contributed by atoms with Crippen LogP contribution in [0.2, 0.25) is 0 Å². The first-order valence-corrected chi connectivity index (χ1v) is 7.67. The first kappa shape index (κ1) is 18.3. The summed E-state index contributed by atoms with van der Waals surface area (Å²) in [6, 6.07) is 8.87. The Balaban J connectivity index is 0.00000220. The highest BCUT2D eigenvalue weighted by atomic mass is 35.5. The molecule has 1 aromatic rings. The summed E-state index contributed by atoms with van der Waals surface area (Å²) in [6.07, 6.45) is 1.27. The van der Waals surface area contributed by atoms with Gasteiger partial charge in [-0.1, -0.05) is 26.0 Å². The zero-order valence-corrected chi connectivity index (χ0v) is 14.5. The van der Waals surface area contributed by atoms with Crippen molar-refractivity contribution in [1.82, 2.24) is 10.2 Å². The quantitative estimate of drug-likeness (QED) is 0.870. The Labute approximate surface area is 135 Å². The van der Waals surface area contributed by atoms with Crippen LogP contribution in [0.25, 0.3) is 0 Å². The maximum Gasteiger partial charge on any atom is 0.119 e. The molecule has 1 aliphatic rings. The number of hydrogen-bond acceptors (Lipinski definition) is 3. The molecular weight excluding hydrogens is 284 g/mol. The fourth-order valence-corrected chi connectivity index (χ4v) is 3.13. The minimum absolute atomic E-state index is 0. The maximum absolute atomic E-state index is 5.34. The van der Waals surface area contributed by atoms with Gasteiger partial charge in [-0.05, 0) is 49.5 Å². The topological polar surface area (TPSA) is 24.5 Å². The molecule has 120 valence electrons. The Kier molecular flexibility index (Phi) is 6.98. The van der Waals surface area contributed by atoms with Gasteiger partial charge in [0.15, 0.2) is 0 Å². The highest BCUT2D eigenvalue weighted by Crippen LogP contribution is 2.30. The minimum Gasteiger partial charge on any atom is -0.497 e.